The zero-order chi connectivity index (χ0) is 32.9. The molecule has 1 aromatic rings. The summed E-state index contributed by atoms with van der Waals surface area (Å²) in [7, 11) is 5.47. The third kappa shape index (κ3) is 13.4. The molecule has 0 radical (unpaired) electrons. The number of likely N-dealkylation sites (N-methyl/N-ethyl adjacent to an activating group) is 2. The Morgan fingerprint density at radius 3 is 2.52 bits per heavy atom. The predicted molar refractivity (Wildman–Crippen MR) is 192 cm³/mol. The van der Waals surface area contributed by atoms with Crippen LogP contribution in [0.15, 0.2) is 82.5 Å². The molecule has 0 saturated heterocycles. The summed E-state index contributed by atoms with van der Waals surface area (Å²) in [4.78, 5) is 25.5. The van der Waals surface area contributed by atoms with Crippen LogP contribution in [-0.4, -0.2) is 88.3 Å². The summed E-state index contributed by atoms with van der Waals surface area (Å²) in [6, 6.07) is 7.18. The van der Waals surface area contributed by atoms with E-state index in [2.05, 4.69) is 106 Å². The van der Waals surface area contributed by atoms with Crippen molar-refractivity contribution in [2.24, 2.45) is 15.7 Å². The lowest BCUT2D eigenvalue weighted by Crippen LogP contribution is -2.38. The minimum atomic E-state index is 0.290. The molecule has 8 nitrogen and oxygen atoms in total. The van der Waals surface area contributed by atoms with E-state index in [4.69, 9.17) is 0 Å². The summed E-state index contributed by atoms with van der Waals surface area (Å²) in [6.45, 7) is 18.2. The number of allylic oxidation sites excluding steroid dienone is 5. The Labute approximate surface area is 267 Å². The van der Waals surface area contributed by atoms with Crippen LogP contribution in [0.4, 0.5) is 5.69 Å². The van der Waals surface area contributed by atoms with E-state index in [0.717, 1.165) is 60.7 Å². The number of rotatable bonds is 14. The number of hydrogen-bond acceptors (Lipinski definition) is 8. The van der Waals surface area contributed by atoms with Gasteiger partial charge in [-0.3, -0.25) is 4.99 Å². The van der Waals surface area contributed by atoms with Crippen LogP contribution in [0.1, 0.15) is 58.1 Å². The molecule has 1 atom stereocenters. The molecule has 0 spiro atoms. The topological polar surface area (TPSA) is 98.4 Å². The Morgan fingerprint density at radius 1 is 1.23 bits per heavy atom. The smallest absolute Gasteiger partial charge is 0.154 e. The highest BCUT2D eigenvalue weighted by molar-refractivity contribution is 6.11. The average Bonchev–Trinajstić information content (AvgIpc) is 3.47. The van der Waals surface area contributed by atoms with E-state index in [1.165, 1.54) is 12.6 Å². The SMILES string of the molecule is C=CCN(CC(=C=O)N(C)C1CC=C(/C=C\C=C/C)CC1)c1cc(C2=NCC(C)=N2)ccc1C.CN.CNCCNC(C)C. The fraction of sp³-hybridized carbons (Fsp3) is 0.500. The van der Waals surface area contributed by atoms with Crippen molar-refractivity contribution in [2.75, 3.05) is 58.8 Å². The molecule has 44 heavy (non-hydrogen) atoms. The van der Waals surface area contributed by atoms with Gasteiger partial charge in [-0.25, -0.2) is 9.79 Å². The van der Waals surface area contributed by atoms with Crippen LogP contribution in [0.3, 0.4) is 0 Å². The molecule has 0 aromatic heterocycles. The number of hydrogen-bond donors (Lipinski definition) is 3. The quantitative estimate of drug-likeness (QED) is 0.116. The molecular weight excluding hydrogens is 546 g/mol. The third-order valence-electron chi connectivity index (χ3n) is 7.30. The lowest BCUT2D eigenvalue weighted by atomic mass is 9.93. The molecule has 1 unspecified atom stereocenters. The van der Waals surface area contributed by atoms with E-state index in [-0.39, 0.29) is 0 Å². The van der Waals surface area contributed by atoms with Gasteiger partial charge in [0.05, 0.1) is 13.1 Å². The first-order valence-corrected chi connectivity index (χ1v) is 15.7. The van der Waals surface area contributed by atoms with Crippen molar-refractivity contribution < 1.29 is 4.79 Å². The number of nitrogens with two attached hydrogens (primary N) is 1. The third-order valence-corrected chi connectivity index (χ3v) is 7.30. The lowest BCUT2D eigenvalue weighted by molar-refractivity contribution is 0.280. The van der Waals surface area contributed by atoms with E-state index in [1.807, 2.05) is 46.2 Å². The number of aliphatic imine (C=N–C) groups is 2. The van der Waals surface area contributed by atoms with Crippen LogP contribution in [0, 0.1) is 6.92 Å². The highest BCUT2D eigenvalue weighted by Crippen LogP contribution is 2.27. The molecule has 8 heteroatoms. The molecule has 1 aliphatic heterocycles. The maximum absolute atomic E-state index is 12.1. The Balaban J connectivity index is 0.000000840. The minimum Gasteiger partial charge on any atom is -0.364 e. The van der Waals surface area contributed by atoms with E-state index in [1.54, 1.807) is 0 Å². The maximum Gasteiger partial charge on any atom is 0.154 e. The fourth-order valence-corrected chi connectivity index (χ4v) is 4.83. The standard InChI is InChI=1S/C29H36N4O.C6H16N2.CH5N/c1-6-8-9-10-24-12-15-26(16-13-24)32(5)27(21-34)20-33(17-7-2)28-18-25(14-11-22(28)3)29-30-19-23(4)31-29;1-6(2)8-5-4-7-3;1-2/h6-12,14,18,26H,2,13,15-17,19-20H2,1,3-5H3;6-8H,4-5H2,1-3H3;2H2,1H3/b8-6-,10-9-;;. The van der Waals surface area contributed by atoms with Gasteiger partial charge in [-0.15, -0.1) is 6.58 Å². The van der Waals surface area contributed by atoms with Gasteiger partial charge in [-0.1, -0.05) is 68.0 Å². The molecule has 0 saturated carbocycles. The Kier molecular flexibility index (Phi) is 19.3. The molecule has 3 rings (SSSR count). The number of nitrogens with one attached hydrogen (secondary N) is 2. The van der Waals surface area contributed by atoms with Crippen molar-refractivity contribution in [3.05, 3.63) is 83.6 Å². The lowest BCUT2D eigenvalue weighted by Gasteiger charge is -2.35. The van der Waals surface area contributed by atoms with Crippen LogP contribution >= 0.6 is 0 Å². The zero-order valence-electron chi connectivity index (χ0n) is 28.5. The molecule has 0 fully saturated rings. The van der Waals surface area contributed by atoms with Crippen LogP contribution in [-0.2, 0) is 4.79 Å². The second-order valence-corrected chi connectivity index (χ2v) is 11.1. The second-order valence-electron chi connectivity index (χ2n) is 11.1. The average molecular weight is 604 g/mol. The fourth-order valence-electron chi connectivity index (χ4n) is 4.83. The van der Waals surface area contributed by atoms with E-state index >= 15 is 0 Å². The summed E-state index contributed by atoms with van der Waals surface area (Å²) in [5, 5.41) is 6.34. The second kappa shape index (κ2) is 22.0. The molecule has 0 bridgehead atoms. The van der Waals surface area contributed by atoms with Gasteiger partial charge in [0.25, 0.3) is 0 Å². The Morgan fingerprint density at radius 2 is 1.98 bits per heavy atom. The minimum absolute atomic E-state index is 0.290. The van der Waals surface area contributed by atoms with Gasteiger partial charge in [0, 0.05) is 55.7 Å². The normalized spacial score (nSPS) is 15.9. The maximum atomic E-state index is 12.1. The van der Waals surface area contributed by atoms with Gasteiger partial charge < -0.3 is 26.2 Å². The van der Waals surface area contributed by atoms with Crippen molar-refractivity contribution in [3.8, 4) is 0 Å². The van der Waals surface area contributed by atoms with Crippen molar-refractivity contribution in [1.29, 1.82) is 0 Å². The summed E-state index contributed by atoms with van der Waals surface area (Å²) < 4.78 is 0. The van der Waals surface area contributed by atoms with Crippen molar-refractivity contribution in [1.82, 2.24) is 15.5 Å². The van der Waals surface area contributed by atoms with Gasteiger partial charge >= 0.3 is 0 Å². The first-order chi connectivity index (χ1) is 21.2. The number of carbonyl (C=O) groups excluding carboxylic acids is 1. The number of nitrogens with zero attached hydrogens (tertiary/aromatic N) is 4. The van der Waals surface area contributed by atoms with Gasteiger partial charge in [0.2, 0.25) is 0 Å². The van der Waals surface area contributed by atoms with Gasteiger partial charge in [0.1, 0.15) is 11.6 Å². The molecule has 1 aliphatic carbocycles. The van der Waals surface area contributed by atoms with Crippen molar-refractivity contribution in [3.63, 3.8) is 0 Å². The van der Waals surface area contributed by atoms with Gasteiger partial charge in [-0.05, 0) is 65.8 Å². The van der Waals surface area contributed by atoms with Crippen LogP contribution in [0.25, 0.3) is 0 Å². The zero-order valence-corrected chi connectivity index (χ0v) is 28.5. The van der Waals surface area contributed by atoms with Crippen LogP contribution in [0.5, 0.6) is 0 Å². The first kappa shape index (κ1) is 38.5. The number of benzene rings is 1. The van der Waals surface area contributed by atoms with E-state index < -0.39 is 0 Å². The van der Waals surface area contributed by atoms with Crippen molar-refractivity contribution in [2.45, 2.75) is 66.0 Å². The monoisotopic (exact) mass is 603 g/mol. The van der Waals surface area contributed by atoms with Gasteiger partial charge in [0.15, 0.2) is 5.84 Å². The molecule has 0 amide bonds. The molecule has 1 aromatic carbocycles. The molecule has 4 N–H and O–H groups in total. The highest BCUT2D eigenvalue weighted by atomic mass is 16.1. The van der Waals surface area contributed by atoms with Crippen molar-refractivity contribution >= 4 is 23.2 Å². The molecular formula is C36H57N7O. The Bertz CT molecular complexity index is 1220. The van der Waals surface area contributed by atoms with Crippen LogP contribution < -0.4 is 21.3 Å². The summed E-state index contributed by atoms with van der Waals surface area (Å²) >= 11 is 0. The summed E-state index contributed by atoms with van der Waals surface area (Å²) in [5.74, 6) is 3.01. The number of aryl methyl sites for hydroxylation is 1. The molecule has 242 valence electrons. The van der Waals surface area contributed by atoms with Crippen LogP contribution in [0.2, 0.25) is 0 Å². The number of anilines is 1. The number of amidine groups is 1. The molecule has 2 aliphatic rings. The largest absolute Gasteiger partial charge is 0.364 e. The summed E-state index contributed by atoms with van der Waals surface area (Å²) in [5.41, 5.74) is 10.7. The first-order valence-electron chi connectivity index (χ1n) is 15.7. The molecule has 1 heterocycles. The summed E-state index contributed by atoms with van der Waals surface area (Å²) in [6.07, 6.45) is 15.4. The van der Waals surface area contributed by atoms with E-state index in [0.29, 0.717) is 37.4 Å². The highest BCUT2D eigenvalue weighted by Gasteiger charge is 2.23. The van der Waals surface area contributed by atoms with E-state index in [9.17, 15) is 4.79 Å². The van der Waals surface area contributed by atoms with Gasteiger partial charge in [-0.2, -0.15) is 0 Å². The predicted octanol–water partition coefficient (Wildman–Crippen LogP) is 5.25. The Hall–Kier alpha value is -3.55.